The maximum Gasteiger partial charge on any atom is 0.235 e. The molecule has 0 aliphatic heterocycles. The van der Waals surface area contributed by atoms with Gasteiger partial charge in [0.15, 0.2) is 0 Å². The summed E-state index contributed by atoms with van der Waals surface area (Å²) in [4.78, 5) is 11.9. The summed E-state index contributed by atoms with van der Waals surface area (Å²) in [5.74, 6) is -0.103. The minimum atomic E-state index is -0.825. The minimum absolute atomic E-state index is 0.0583. The van der Waals surface area contributed by atoms with Crippen LogP contribution in [0.4, 0.5) is 0 Å². The molecule has 0 saturated heterocycles. The zero-order chi connectivity index (χ0) is 15.2. The van der Waals surface area contributed by atoms with E-state index in [1.54, 1.807) is 6.92 Å². The van der Waals surface area contributed by atoms with E-state index in [0.717, 1.165) is 5.56 Å². The van der Waals surface area contributed by atoms with Crippen molar-refractivity contribution < 1.29 is 4.79 Å². The molecule has 0 heterocycles. The van der Waals surface area contributed by atoms with Gasteiger partial charge in [-0.05, 0) is 25.3 Å². The third-order valence-corrected chi connectivity index (χ3v) is 3.65. The second-order valence-corrected chi connectivity index (χ2v) is 5.53. The molecule has 2 atom stereocenters. The average Bonchev–Trinajstić information content (AvgIpc) is 2.45. The Morgan fingerprint density at radius 1 is 1.30 bits per heavy atom. The van der Waals surface area contributed by atoms with Crippen LogP contribution in [0.25, 0.3) is 0 Å². The molecule has 0 aliphatic carbocycles. The topological polar surface area (TPSA) is 64.9 Å². The maximum atomic E-state index is 11.9. The van der Waals surface area contributed by atoms with Crippen LogP contribution in [-0.2, 0) is 4.79 Å². The number of nitriles is 1. The van der Waals surface area contributed by atoms with Crippen LogP contribution in [0.2, 0.25) is 0 Å². The van der Waals surface area contributed by atoms with E-state index in [1.807, 2.05) is 51.1 Å². The van der Waals surface area contributed by atoms with E-state index in [2.05, 4.69) is 16.7 Å². The lowest BCUT2D eigenvalue weighted by Gasteiger charge is -2.27. The van der Waals surface area contributed by atoms with Crippen molar-refractivity contribution in [3.63, 3.8) is 0 Å². The molecule has 20 heavy (non-hydrogen) atoms. The molecular weight excluding hydrogens is 250 g/mol. The first-order valence-electron chi connectivity index (χ1n) is 6.89. The van der Waals surface area contributed by atoms with Gasteiger partial charge in [-0.2, -0.15) is 5.26 Å². The monoisotopic (exact) mass is 273 g/mol. The lowest BCUT2D eigenvalue weighted by molar-refractivity contribution is -0.122. The zero-order valence-corrected chi connectivity index (χ0v) is 12.6. The van der Waals surface area contributed by atoms with Gasteiger partial charge in [0.25, 0.3) is 0 Å². The summed E-state index contributed by atoms with van der Waals surface area (Å²) in [5, 5.41) is 15.1. The number of hydrogen-bond donors (Lipinski definition) is 2. The van der Waals surface area contributed by atoms with E-state index < -0.39 is 5.54 Å². The summed E-state index contributed by atoms with van der Waals surface area (Å²) in [6, 6.07) is 12.2. The normalized spacial score (nSPS) is 15.2. The van der Waals surface area contributed by atoms with Gasteiger partial charge < -0.3 is 10.6 Å². The Kier molecular flexibility index (Phi) is 5.72. The Balaban J connectivity index is 2.50. The predicted molar refractivity (Wildman–Crippen MR) is 79.9 cm³/mol. The quantitative estimate of drug-likeness (QED) is 0.836. The summed E-state index contributed by atoms with van der Waals surface area (Å²) in [6.45, 7) is 7.79. The number of carbonyl (C=O) groups is 1. The molecule has 1 amide bonds. The lowest BCUT2D eigenvalue weighted by atomic mass is 9.90. The summed E-state index contributed by atoms with van der Waals surface area (Å²) >= 11 is 0. The van der Waals surface area contributed by atoms with Gasteiger partial charge in [-0.15, -0.1) is 0 Å². The number of carbonyl (C=O) groups excluding carboxylic acids is 1. The molecule has 0 spiro atoms. The predicted octanol–water partition coefficient (Wildman–Crippen LogP) is 2.39. The summed E-state index contributed by atoms with van der Waals surface area (Å²) < 4.78 is 0. The number of benzene rings is 1. The van der Waals surface area contributed by atoms with Crippen molar-refractivity contribution in [2.45, 2.75) is 39.3 Å². The zero-order valence-electron chi connectivity index (χ0n) is 12.6. The Morgan fingerprint density at radius 2 is 1.90 bits per heavy atom. The summed E-state index contributed by atoms with van der Waals surface area (Å²) in [7, 11) is 0. The van der Waals surface area contributed by atoms with Crippen LogP contribution in [0, 0.1) is 17.2 Å². The SMILES string of the molecule is CC(C)[C@](C)(C#N)NC(=O)CN[C@@H](C)c1ccccc1. The number of rotatable bonds is 6. The van der Waals surface area contributed by atoms with E-state index in [1.165, 1.54) is 0 Å². The van der Waals surface area contributed by atoms with Gasteiger partial charge in [-0.25, -0.2) is 0 Å². The van der Waals surface area contributed by atoms with Gasteiger partial charge in [0, 0.05) is 6.04 Å². The summed E-state index contributed by atoms with van der Waals surface area (Å²) in [6.07, 6.45) is 0. The second kappa shape index (κ2) is 7.06. The van der Waals surface area contributed by atoms with Crippen molar-refractivity contribution in [3.05, 3.63) is 35.9 Å². The molecule has 0 saturated carbocycles. The van der Waals surface area contributed by atoms with Gasteiger partial charge in [0.2, 0.25) is 5.91 Å². The Morgan fingerprint density at radius 3 is 2.40 bits per heavy atom. The standard InChI is InChI=1S/C16H23N3O/c1-12(2)16(4,11-17)19-15(20)10-18-13(3)14-8-6-5-7-9-14/h5-9,12-13,18H,10H2,1-4H3,(H,19,20)/t13-,16-/m0/s1. The largest absolute Gasteiger partial charge is 0.337 e. The number of nitrogens with zero attached hydrogens (tertiary/aromatic N) is 1. The van der Waals surface area contributed by atoms with Crippen molar-refractivity contribution in [2.24, 2.45) is 5.92 Å². The first-order chi connectivity index (χ1) is 9.39. The number of hydrogen-bond acceptors (Lipinski definition) is 3. The Labute approximate surface area is 121 Å². The third-order valence-electron chi connectivity index (χ3n) is 3.65. The maximum absolute atomic E-state index is 11.9. The van der Waals surface area contributed by atoms with Crippen LogP contribution in [-0.4, -0.2) is 18.0 Å². The molecular formula is C16H23N3O. The highest BCUT2D eigenvalue weighted by Crippen LogP contribution is 2.15. The van der Waals surface area contributed by atoms with E-state index >= 15 is 0 Å². The van der Waals surface area contributed by atoms with Crippen molar-refractivity contribution in [1.82, 2.24) is 10.6 Å². The highest BCUT2D eigenvalue weighted by atomic mass is 16.2. The van der Waals surface area contributed by atoms with Gasteiger partial charge in [-0.3, -0.25) is 4.79 Å². The molecule has 0 unspecified atom stereocenters. The first kappa shape index (κ1) is 16.2. The van der Waals surface area contributed by atoms with E-state index in [9.17, 15) is 10.1 Å². The van der Waals surface area contributed by atoms with Crippen LogP contribution in [0.5, 0.6) is 0 Å². The van der Waals surface area contributed by atoms with E-state index in [4.69, 9.17) is 0 Å². The highest BCUT2D eigenvalue weighted by Gasteiger charge is 2.29. The Bertz CT molecular complexity index is 478. The summed E-state index contributed by atoms with van der Waals surface area (Å²) in [5.41, 5.74) is 0.307. The van der Waals surface area contributed by atoms with Crippen LogP contribution in [0.15, 0.2) is 30.3 Å². The molecule has 1 aromatic carbocycles. The first-order valence-corrected chi connectivity index (χ1v) is 6.89. The van der Waals surface area contributed by atoms with Crippen molar-refractivity contribution in [1.29, 1.82) is 5.26 Å². The fourth-order valence-corrected chi connectivity index (χ4v) is 1.74. The highest BCUT2D eigenvalue weighted by molar-refractivity contribution is 5.79. The third kappa shape index (κ3) is 4.36. The lowest BCUT2D eigenvalue weighted by Crippen LogP contribution is -2.51. The van der Waals surface area contributed by atoms with E-state index in [-0.39, 0.29) is 24.4 Å². The second-order valence-electron chi connectivity index (χ2n) is 5.53. The van der Waals surface area contributed by atoms with E-state index in [0.29, 0.717) is 0 Å². The fourth-order valence-electron chi connectivity index (χ4n) is 1.74. The molecule has 4 heteroatoms. The van der Waals surface area contributed by atoms with Gasteiger partial charge >= 0.3 is 0 Å². The van der Waals surface area contributed by atoms with Crippen LogP contribution < -0.4 is 10.6 Å². The molecule has 0 bridgehead atoms. The molecule has 1 aromatic rings. The molecule has 1 rings (SSSR count). The van der Waals surface area contributed by atoms with Gasteiger partial charge in [0.05, 0.1) is 12.6 Å². The van der Waals surface area contributed by atoms with Crippen molar-refractivity contribution in [2.75, 3.05) is 6.54 Å². The molecule has 4 nitrogen and oxygen atoms in total. The van der Waals surface area contributed by atoms with Crippen LogP contribution >= 0.6 is 0 Å². The molecule has 0 radical (unpaired) electrons. The molecule has 0 fully saturated rings. The smallest absolute Gasteiger partial charge is 0.235 e. The molecule has 2 N–H and O–H groups in total. The Hall–Kier alpha value is -1.86. The van der Waals surface area contributed by atoms with Crippen molar-refractivity contribution >= 4 is 5.91 Å². The minimum Gasteiger partial charge on any atom is -0.337 e. The number of nitrogens with one attached hydrogen (secondary N) is 2. The number of amides is 1. The average molecular weight is 273 g/mol. The fraction of sp³-hybridized carbons (Fsp3) is 0.500. The van der Waals surface area contributed by atoms with Crippen LogP contribution in [0.3, 0.4) is 0 Å². The van der Waals surface area contributed by atoms with Crippen LogP contribution in [0.1, 0.15) is 39.3 Å². The molecule has 108 valence electrons. The molecule has 0 aromatic heterocycles. The van der Waals surface area contributed by atoms with Crippen molar-refractivity contribution in [3.8, 4) is 6.07 Å². The molecule has 0 aliphatic rings. The van der Waals surface area contributed by atoms with Gasteiger partial charge in [0.1, 0.15) is 5.54 Å². The van der Waals surface area contributed by atoms with Gasteiger partial charge in [-0.1, -0.05) is 44.2 Å².